The summed E-state index contributed by atoms with van der Waals surface area (Å²) in [5, 5.41) is 51.2. The number of hydrogen-bond donors (Lipinski definition) is 7. The number of ketones is 2. The monoisotopic (exact) mass is 935 g/mol. The molecule has 1 amide bonds. The standard InChI is InChI=1S/C27H34N2O4.C21H31NO3.C6H5NO2.CH4/c1-16-21(29-25(33)17-7-5-10-28-15-17)14-22-26(2,3)8-6-9-27(22,4)23(16)24(32)18-11-19(30)13-20(31)12-18;1-12-16(22)11-17-20(2,3)6-5-7-21(17,4)18(12)19(25)13-8-14(23)10-15(24)9-13;8-6(9)5-2-1-3-7-4-5;/h5,7,10-13,15-16,21-23,30-31H,6,8-9,14H2,1-4H3,(H,29,33);8-10,12,16-18,23-24H,5-7,11,22H2,1-4H3;1-4H,(H,8,9);1H4/t16-,21-,22+,23-,27+;12-,16-,17+,18-,21+;;/m11../s1. The van der Waals surface area contributed by atoms with E-state index in [1.165, 1.54) is 61.3 Å². The Hall–Kier alpha value is -5.82. The van der Waals surface area contributed by atoms with Crippen molar-refractivity contribution in [1.82, 2.24) is 15.3 Å². The molecule has 2 heterocycles. The lowest BCUT2D eigenvalue weighted by molar-refractivity contribution is -0.0902. The third kappa shape index (κ3) is 11.0. The highest BCUT2D eigenvalue weighted by molar-refractivity contribution is 6.00. The number of rotatable bonds is 7. The van der Waals surface area contributed by atoms with E-state index in [0.717, 1.165) is 44.9 Å². The number of carbonyl (C=O) groups is 4. The number of nitrogens with two attached hydrogens (primary N) is 1. The van der Waals surface area contributed by atoms with Crippen LogP contribution in [0.15, 0.2) is 85.5 Å². The second-order valence-corrected chi connectivity index (χ2v) is 21.7. The van der Waals surface area contributed by atoms with Gasteiger partial charge in [-0.15, -0.1) is 0 Å². The number of amides is 1. The molecular formula is C55H74N4O9. The number of pyridine rings is 2. The van der Waals surface area contributed by atoms with E-state index in [2.05, 4.69) is 63.8 Å². The van der Waals surface area contributed by atoms with Crippen molar-refractivity contribution in [2.45, 2.75) is 126 Å². The van der Waals surface area contributed by atoms with Gasteiger partial charge in [0.2, 0.25) is 0 Å². The van der Waals surface area contributed by atoms with E-state index < -0.39 is 5.97 Å². The Balaban J connectivity index is 0.000000217. The molecule has 4 aliphatic carbocycles. The number of nitrogens with zero attached hydrogens (tertiary/aromatic N) is 2. The van der Waals surface area contributed by atoms with Crippen molar-refractivity contribution in [2.24, 2.45) is 62.9 Å². The quantitative estimate of drug-likeness (QED) is 0.0858. The lowest BCUT2D eigenvalue weighted by atomic mass is 9.45. The Labute approximate surface area is 402 Å². The number of phenolic OH excluding ortho intramolecular Hbond substituents is 4. The fraction of sp³-hybridized carbons (Fsp3) is 0.527. The van der Waals surface area contributed by atoms with Crippen molar-refractivity contribution < 1.29 is 44.7 Å². The summed E-state index contributed by atoms with van der Waals surface area (Å²) in [7, 11) is 0. The molecule has 0 unspecified atom stereocenters. The molecule has 0 saturated heterocycles. The topological polar surface area (TPSA) is 233 Å². The van der Waals surface area contributed by atoms with Crippen molar-refractivity contribution in [3.63, 3.8) is 0 Å². The molecule has 4 aromatic rings. The van der Waals surface area contributed by atoms with Crippen LogP contribution in [-0.4, -0.2) is 71.0 Å². The lowest BCUT2D eigenvalue weighted by Crippen LogP contribution is -2.60. The number of carbonyl (C=O) groups excluding carboxylic acids is 3. The van der Waals surface area contributed by atoms with Crippen LogP contribution in [0.25, 0.3) is 0 Å². The second-order valence-electron chi connectivity index (χ2n) is 21.7. The van der Waals surface area contributed by atoms with Crippen LogP contribution in [0, 0.1) is 57.2 Å². The van der Waals surface area contributed by atoms with E-state index in [1.54, 1.807) is 30.6 Å². The first-order valence-corrected chi connectivity index (χ1v) is 23.6. The summed E-state index contributed by atoms with van der Waals surface area (Å²) in [4.78, 5) is 58.2. The van der Waals surface area contributed by atoms with E-state index in [-0.39, 0.29) is 117 Å². The van der Waals surface area contributed by atoms with E-state index >= 15 is 0 Å². The summed E-state index contributed by atoms with van der Waals surface area (Å²) in [6.45, 7) is 17.8. The zero-order valence-corrected chi connectivity index (χ0v) is 40.2. The van der Waals surface area contributed by atoms with Crippen molar-refractivity contribution in [3.8, 4) is 23.0 Å². The van der Waals surface area contributed by atoms with Crippen LogP contribution in [0.1, 0.15) is 156 Å². The highest BCUT2D eigenvalue weighted by Gasteiger charge is 2.60. The predicted octanol–water partition coefficient (Wildman–Crippen LogP) is 10.5. The van der Waals surface area contributed by atoms with Crippen molar-refractivity contribution in [2.75, 3.05) is 0 Å². The maximum Gasteiger partial charge on any atom is 0.337 e. The van der Waals surface area contributed by atoms with Crippen molar-refractivity contribution >= 4 is 23.4 Å². The molecule has 4 aliphatic rings. The minimum Gasteiger partial charge on any atom is -0.508 e. The first kappa shape index (κ1) is 53.1. The highest BCUT2D eigenvalue weighted by Crippen LogP contribution is 2.63. The molecule has 0 aliphatic heterocycles. The number of aromatic carboxylic acids is 1. The van der Waals surface area contributed by atoms with Gasteiger partial charge in [-0.2, -0.15) is 0 Å². The van der Waals surface area contributed by atoms with Gasteiger partial charge in [0, 0.05) is 72.0 Å². The third-order valence-corrected chi connectivity index (χ3v) is 16.4. The number of aromatic hydroxyl groups is 4. The molecule has 10 atom stereocenters. The van der Waals surface area contributed by atoms with E-state index in [9.17, 15) is 39.6 Å². The average Bonchev–Trinajstić information content (AvgIpc) is 3.25. The highest BCUT2D eigenvalue weighted by atomic mass is 16.4. The summed E-state index contributed by atoms with van der Waals surface area (Å²) in [6.07, 6.45) is 14.2. The van der Waals surface area contributed by atoms with Gasteiger partial charge >= 0.3 is 5.97 Å². The van der Waals surface area contributed by atoms with E-state index in [0.29, 0.717) is 22.6 Å². The molecule has 2 aromatic heterocycles. The van der Waals surface area contributed by atoms with Gasteiger partial charge in [-0.05, 0) is 132 Å². The summed E-state index contributed by atoms with van der Waals surface area (Å²) >= 11 is 0. The number of benzene rings is 2. The van der Waals surface area contributed by atoms with Crippen LogP contribution in [0.2, 0.25) is 0 Å². The number of aromatic nitrogens is 2. The van der Waals surface area contributed by atoms with E-state index in [4.69, 9.17) is 10.8 Å². The van der Waals surface area contributed by atoms with E-state index in [1.807, 2.05) is 6.92 Å². The maximum absolute atomic E-state index is 13.9. The number of nitrogens with one attached hydrogen (secondary N) is 1. The third-order valence-electron chi connectivity index (χ3n) is 16.4. The molecule has 4 saturated carbocycles. The first-order chi connectivity index (χ1) is 31.4. The SMILES string of the molecule is C.C[C@@H]1[C@H](N)C[C@H]2C(C)(C)CCC[C@]2(C)[C@H]1C(=O)c1cc(O)cc(O)c1.C[C@@H]1[C@H](NC(=O)c2cccnc2)C[C@H]2C(C)(C)CCC[C@]2(C)[C@H]1C(=O)c1cc(O)cc(O)c1.O=C(O)c1cccnc1. The number of hydrogen-bond acceptors (Lipinski definition) is 11. The molecule has 8 N–H and O–H groups in total. The van der Waals surface area contributed by atoms with Crippen LogP contribution >= 0.6 is 0 Å². The number of fused-ring (bicyclic) bond motifs is 2. The smallest absolute Gasteiger partial charge is 0.337 e. The van der Waals surface area contributed by atoms with Crippen LogP contribution in [0.4, 0.5) is 0 Å². The molecule has 2 aromatic carbocycles. The van der Waals surface area contributed by atoms with Gasteiger partial charge in [-0.1, -0.05) is 75.7 Å². The number of carboxylic acid groups (broad SMARTS) is 1. The molecule has 8 rings (SSSR count). The van der Waals surface area contributed by atoms with Crippen LogP contribution in [0.3, 0.4) is 0 Å². The minimum absolute atomic E-state index is 0. The molecule has 13 nitrogen and oxygen atoms in total. The number of Topliss-reactive ketones (excluding diaryl/α,β-unsaturated/α-hetero) is 2. The molecule has 4 fully saturated rings. The zero-order chi connectivity index (χ0) is 49.2. The van der Waals surface area contributed by atoms with Gasteiger partial charge in [0.15, 0.2) is 11.6 Å². The fourth-order valence-electron chi connectivity index (χ4n) is 13.2. The summed E-state index contributed by atoms with van der Waals surface area (Å²) in [5.41, 5.74) is 7.75. The zero-order valence-electron chi connectivity index (χ0n) is 40.2. The molecule has 0 radical (unpaired) electrons. The van der Waals surface area contributed by atoms with Gasteiger partial charge in [-0.25, -0.2) is 4.79 Å². The summed E-state index contributed by atoms with van der Waals surface area (Å²) < 4.78 is 0. The molecular weight excluding hydrogens is 861 g/mol. The second kappa shape index (κ2) is 20.8. The van der Waals surface area contributed by atoms with Gasteiger partial charge < -0.3 is 36.6 Å². The van der Waals surface area contributed by atoms with Crippen molar-refractivity contribution in [3.05, 3.63) is 108 Å². The Morgan fingerprint density at radius 3 is 1.41 bits per heavy atom. The first-order valence-electron chi connectivity index (χ1n) is 23.6. The molecule has 68 heavy (non-hydrogen) atoms. The number of phenols is 4. The minimum atomic E-state index is -0.942. The number of carboxylic acids is 1. The maximum atomic E-state index is 13.9. The Bertz CT molecular complexity index is 2390. The Kier molecular flexibility index (Phi) is 16.3. The lowest BCUT2D eigenvalue weighted by Gasteiger charge is -2.60. The Morgan fingerprint density at radius 1 is 0.603 bits per heavy atom. The van der Waals surface area contributed by atoms with Gasteiger partial charge in [0.25, 0.3) is 5.91 Å². The predicted molar refractivity (Wildman–Crippen MR) is 263 cm³/mol. The van der Waals surface area contributed by atoms with Gasteiger partial charge in [-0.3, -0.25) is 24.4 Å². The van der Waals surface area contributed by atoms with Crippen molar-refractivity contribution in [1.29, 1.82) is 0 Å². The Morgan fingerprint density at radius 2 is 1.01 bits per heavy atom. The molecule has 0 spiro atoms. The molecule has 13 heteroatoms. The average molecular weight is 935 g/mol. The summed E-state index contributed by atoms with van der Waals surface area (Å²) in [6, 6.07) is 14.6. The summed E-state index contributed by atoms with van der Waals surface area (Å²) in [5.74, 6) is -1.57. The van der Waals surface area contributed by atoms with Gasteiger partial charge in [0.1, 0.15) is 23.0 Å². The fourth-order valence-corrected chi connectivity index (χ4v) is 13.2. The molecule has 368 valence electrons. The molecule has 0 bridgehead atoms. The van der Waals surface area contributed by atoms with Crippen LogP contribution in [-0.2, 0) is 0 Å². The van der Waals surface area contributed by atoms with Crippen LogP contribution in [0.5, 0.6) is 23.0 Å². The van der Waals surface area contributed by atoms with Crippen LogP contribution < -0.4 is 11.1 Å². The van der Waals surface area contributed by atoms with Gasteiger partial charge in [0.05, 0.1) is 11.1 Å². The largest absolute Gasteiger partial charge is 0.508 e. The normalized spacial score (nSPS) is 29.8.